The van der Waals surface area contributed by atoms with E-state index >= 15 is 0 Å². The highest BCUT2D eigenvalue weighted by Gasteiger charge is 2.40. The standard InChI is InChI=1S/C12H17NO6/c1-8(14)18-6-4-3-5-13-11(16)7-10(12(13)17)19-9(2)15/h10H,3-7H2,1-2H3/t10-/m0/s1. The molecular weight excluding hydrogens is 254 g/mol. The predicted octanol–water partition coefficient (Wildman–Crippen LogP) is 0.0203. The van der Waals surface area contributed by atoms with Gasteiger partial charge in [0.1, 0.15) is 0 Å². The molecule has 19 heavy (non-hydrogen) atoms. The molecule has 106 valence electrons. The second-order valence-corrected chi connectivity index (χ2v) is 4.23. The van der Waals surface area contributed by atoms with Gasteiger partial charge in [-0.05, 0) is 12.8 Å². The van der Waals surface area contributed by atoms with E-state index in [9.17, 15) is 19.2 Å². The maximum atomic E-state index is 11.8. The van der Waals surface area contributed by atoms with Crippen LogP contribution in [0.3, 0.4) is 0 Å². The van der Waals surface area contributed by atoms with Crippen LogP contribution in [0.2, 0.25) is 0 Å². The second kappa shape index (κ2) is 6.86. The summed E-state index contributed by atoms with van der Waals surface area (Å²) in [4.78, 5) is 45.7. The molecule has 1 atom stereocenters. The first-order valence-corrected chi connectivity index (χ1v) is 6.06. The van der Waals surface area contributed by atoms with Crippen LogP contribution >= 0.6 is 0 Å². The molecule has 0 bridgehead atoms. The van der Waals surface area contributed by atoms with Crippen LogP contribution in [0.4, 0.5) is 0 Å². The third-order valence-electron chi connectivity index (χ3n) is 2.59. The minimum atomic E-state index is -0.988. The van der Waals surface area contributed by atoms with E-state index in [1.54, 1.807) is 0 Å². The molecule has 0 radical (unpaired) electrons. The van der Waals surface area contributed by atoms with Crippen LogP contribution in [0.1, 0.15) is 33.1 Å². The normalized spacial score (nSPS) is 18.6. The van der Waals surface area contributed by atoms with Crippen molar-refractivity contribution in [1.82, 2.24) is 4.90 Å². The molecule has 1 fully saturated rings. The summed E-state index contributed by atoms with van der Waals surface area (Å²) in [6, 6.07) is 0. The maximum absolute atomic E-state index is 11.8. The monoisotopic (exact) mass is 271 g/mol. The molecule has 0 aliphatic carbocycles. The number of amides is 2. The first-order chi connectivity index (χ1) is 8.91. The molecule has 1 aliphatic heterocycles. The summed E-state index contributed by atoms with van der Waals surface area (Å²) >= 11 is 0. The van der Waals surface area contributed by atoms with E-state index in [0.29, 0.717) is 12.8 Å². The van der Waals surface area contributed by atoms with E-state index in [0.717, 1.165) is 4.90 Å². The topological polar surface area (TPSA) is 90.0 Å². The van der Waals surface area contributed by atoms with Crippen LogP contribution in [-0.2, 0) is 28.7 Å². The minimum Gasteiger partial charge on any atom is -0.466 e. The van der Waals surface area contributed by atoms with E-state index < -0.39 is 18.0 Å². The summed E-state index contributed by atoms with van der Waals surface area (Å²) in [5, 5.41) is 0. The smallest absolute Gasteiger partial charge is 0.303 e. The van der Waals surface area contributed by atoms with Crippen molar-refractivity contribution >= 4 is 23.8 Å². The number of hydrogen-bond acceptors (Lipinski definition) is 6. The van der Waals surface area contributed by atoms with E-state index in [2.05, 4.69) is 0 Å². The van der Waals surface area contributed by atoms with E-state index in [1.165, 1.54) is 13.8 Å². The highest BCUT2D eigenvalue weighted by atomic mass is 16.5. The highest BCUT2D eigenvalue weighted by molar-refractivity contribution is 6.05. The molecule has 1 aliphatic rings. The lowest BCUT2D eigenvalue weighted by atomic mass is 10.3. The zero-order chi connectivity index (χ0) is 14.4. The summed E-state index contributed by atoms with van der Waals surface area (Å²) < 4.78 is 9.50. The number of nitrogens with zero attached hydrogens (tertiary/aromatic N) is 1. The largest absolute Gasteiger partial charge is 0.466 e. The fourth-order valence-electron chi connectivity index (χ4n) is 1.77. The number of likely N-dealkylation sites (tertiary alicyclic amines) is 1. The summed E-state index contributed by atoms with van der Waals surface area (Å²) in [6.07, 6.45) is 0.0212. The Morgan fingerprint density at radius 3 is 2.47 bits per heavy atom. The molecular formula is C12H17NO6. The Balaban J connectivity index is 2.33. The first-order valence-electron chi connectivity index (χ1n) is 6.06. The van der Waals surface area contributed by atoms with Gasteiger partial charge in [-0.15, -0.1) is 0 Å². The number of ether oxygens (including phenoxy) is 2. The average Bonchev–Trinajstić information content (AvgIpc) is 2.54. The highest BCUT2D eigenvalue weighted by Crippen LogP contribution is 2.17. The lowest BCUT2D eigenvalue weighted by Gasteiger charge is -2.14. The molecule has 7 heteroatoms. The zero-order valence-electron chi connectivity index (χ0n) is 11.0. The van der Waals surface area contributed by atoms with Gasteiger partial charge in [0.25, 0.3) is 5.91 Å². The molecule has 1 rings (SSSR count). The molecule has 0 aromatic rings. The molecule has 0 aromatic carbocycles. The molecule has 7 nitrogen and oxygen atoms in total. The van der Waals surface area contributed by atoms with Gasteiger partial charge < -0.3 is 9.47 Å². The Bertz CT molecular complexity index is 392. The van der Waals surface area contributed by atoms with Crippen molar-refractivity contribution in [2.75, 3.05) is 13.2 Å². The van der Waals surface area contributed by atoms with Crippen LogP contribution < -0.4 is 0 Å². The summed E-state index contributed by atoms with van der Waals surface area (Å²) in [6.45, 7) is 3.02. The molecule has 1 saturated heterocycles. The lowest BCUT2D eigenvalue weighted by molar-refractivity contribution is -0.154. The van der Waals surface area contributed by atoms with Gasteiger partial charge in [-0.2, -0.15) is 0 Å². The van der Waals surface area contributed by atoms with Gasteiger partial charge in [0.15, 0.2) is 6.10 Å². The van der Waals surface area contributed by atoms with Crippen molar-refractivity contribution < 1.29 is 28.7 Å². The van der Waals surface area contributed by atoms with E-state index in [4.69, 9.17) is 9.47 Å². The van der Waals surface area contributed by atoms with Crippen LogP contribution in [0.25, 0.3) is 0 Å². The predicted molar refractivity (Wildman–Crippen MR) is 62.8 cm³/mol. The second-order valence-electron chi connectivity index (χ2n) is 4.23. The number of carbonyl (C=O) groups excluding carboxylic acids is 4. The van der Waals surface area contributed by atoms with Gasteiger partial charge >= 0.3 is 11.9 Å². The summed E-state index contributed by atoms with van der Waals surface area (Å²) in [5.74, 6) is -1.76. The van der Waals surface area contributed by atoms with Gasteiger partial charge in [0.2, 0.25) is 5.91 Å². The van der Waals surface area contributed by atoms with Crippen LogP contribution in [0.5, 0.6) is 0 Å². The van der Waals surface area contributed by atoms with Crippen molar-refractivity contribution in [3.8, 4) is 0 Å². The molecule has 0 spiro atoms. The molecule has 0 aromatic heterocycles. The Morgan fingerprint density at radius 2 is 1.89 bits per heavy atom. The van der Waals surface area contributed by atoms with Gasteiger partial charge in [-0.1, -0.05) is 0 Å². The number of carbonyl (C=O) groups is 4. The van der Waals surface area contributed by atoms with Gasteiger partial charge in [-0.3, -0.25) is 24.1 Å². The molecule has 0 unspecified atom stereocenters. The van der Waals surface area contributed by atoms with Crippen LogP contribution in [0.15, 0.2) is 0 Å². The number of esters is 2. The number of rotatable bonds is 6. The van der Waals surface area contributed by atoms with Crippen molar-refractivity contribution in [3.05, 3.63) is 0 Å². The number of unbranched alkanes of at least 4 members (excludes halogenated alkanes) is 1. The molecule has 1 heterocycles. The third kappa shape index (κ3) is 4.69. The Morgan fingerprint density at radius 1 is 1.21 bits per heavy atom. The van der Waals surface area contributed by atoms with Crippen LogP contribution in [0, 0.1) is 0 Å². The maximum Gasteiger partial charge on any atom is 0.303 e. The van der Waals surface area contributed by atoms with Crippen LogP contribution in [-0.4, -0.2) is 47.9 Å². The third-order valence-corrected chi connectivity index (χ3v) is 2.59. The van der Waals surface area contributed by atoms with Gasteiger partial charge in [0.05, 0.1) is 13.0 Å². The Kier molecular flexibility index (Phi) is 5.47. The lowest BCUT2D eigenvalue weighted by Crippen LogP contribution is -2.34. The van der Waals surface area contributed by atoms with Crippen molar-refractivity contribution in [1.29, 1.82) is 0 Å². The molecule has 0 N–H and O–H groups in total. The zero-order valence-corrected chi connectivity index (χ0v) is 11.0. The quantitative estimate of drug-likeness (QED) is 0.384. The summed E-state index contributed by atoms with van der Waals surface area (Å²) in [5.41, 5.74) is 0. The van der Waals surface area contributed by atoms with Crippen molar-refractivity contribution in [2.24, 2.45) is 0 Å². The summed E-state index contributed by atoms with van der Waals surface area (Å²) in [7, 11) is 0. The first kappa shape index (κ1) is 15.1. The number of imide groups is 1. The fourth-order valence-corrected chi connectivity index (χ4v) is 1.77. The van der Waals surface area contributed by atoms with Crippen molar-refractivity contribution in [2.45, 2.75) is 39.2 Å². The van der Waals surface area contributed by atoms with Crippen molar-refractivity contribution in [3.63, 3.8) is 0 Å². The molecule has 2 amide bonds. The van der Waals surface area contributed by atoms with E-state index in [-0.39, 0.29) is 31.4 Å². The number of hydrogen-bond donors (Lipinski definition) is 0. The Hall–Kier alpha value is -1.92. The minimum absolute atomic E-state index is 0.0949. The fraction of sp³-hybridized carbons (Fsp3) is 0.667. The average molecular weight is 271 g/mol. The molecule has 0 saturated carbocycles. The Labute approximate surface area is 110 Å². The van der Waals surface area contributed by atoms with Gasteiger partial charge in [-0.25, -0.2) is 0 Å². The van der Waals surface area contributed by atoms with Gasteiger partial charge in [0, 0.05) is 20.4 Å². The SMILES string of the molecule is CC(=O)OCCCCN1C(=O)C[C@H](OC(C)=O)C1=O. The van der Waals surface area contributed by atoms with E-state index in [1.807, 2.05) is 0 Å².